The minimum Gasteiger partial charge on any atom is -0.489 e. The maximum absolute atomic E-state index is 12.8. The van der Waals surface area contributed by atoms with Crippen LogP contribution in [0.4, 0.5) is 9.18 Å². The van der Waals surface area contributed by atoms with Crippen molar-refractivity contribution in [2.45, 2.75) is 19.6 Å². The van der Waals surface area contributed by atoms with Gasteiger partial charge in [0.25, 0.3) is 0 Å². The molecule has 116 valence electrons. The second-order valence-corrected chi connectivity index (χ2v) is 4.77. The zero-order chi connectivity index (χ0) is 15.8. The largest absolute Gasteiger partial charge is 0.489 e. The fourth-order valence-corrected chi connectivity index (χ4v) is 1.76. The van der Waals surface area contributed by atoms with E-state index in [1.54, 1.807) is 18.3 Å². The average Bonchev–Trinajstić information content (AvgIpc) is 2.54. The normalized spacial score (nSPS) is 11.5. The minimum absolute atomic E-state index is 0.230. The van der Waals surface area contributed by atoms with E-state index in [1.807, 2.05) is 25.1 Å². The van der Waals surface area contributed by atoms with Crippen molar-refractivity contribution in [3.63, 3.8) is 0 Å². The topological polar surface area (TPSA) is 63.2 Å². The molecule has 0 aliphatic heterocycles. The molecule has 1 heterocycles. The van der Waals surface area contributed by atoms with Gasteiger partial charge < -0.3 is 15.4 Å². The summed E-state index contributed by atoms with van der Waals surface area (Å²) in [5.74, 6) is 0.247. The van der Waals surface area contributed by atoms with Crippen LogP contribution in [0.3, 0.4) is 0 Å². The van der Waals surface area contributed by atoms with Crippen molar-refractivity contribution >= 4 is 6.03 Å². The number of nitrogens with zero attached hydrogens (tertiary/aromatic N) is 1. The molecule has 0 bridgehead atoms. The lowest BCUT2D eigenvalue weighted by atomic mass is 10.3. The number of carbonyl (C=O) groups is 1. The lowest BCUT2D eigenvalue weighted by Gasteiger charge is -2.15. The summed E-state index contributed by atoms with van der Waals surface area (Å²) >= 11 is 0. The Morgan fingerprint density at radius 1 is 1.23 bits per heavy atom. The Balaban J connectivity index is 1.68. The molecular formula is C16H18FN3O2. The molecule has 0 aliphatic carbocycles. The number of benzene rings is 1. The highest BCUT2D eigenvalue weighted by molar-refractivity contribution is 5.73. The molecule has 22 heavy (non-hydrogen) atoms. The van der Waals surface area contributed by atoms with Crippen molar-refractivity contribution in [1.29, 1.82) is 0 Å². The molecule has 0 radical (unpaired) electrons. The summed E-state index contributed by atoms with van der Waals surface area (Å²) in [4.78, 5) is 15.8. The summed E-state index contributed by atoms with van der Waals surface area (Å²) in [5, 5.41) is 5.42. The first-order chi connectivity index (χ1) is 10.6. The molecule has 2 rings (SSSR count). The molecule has 2 N–H and O–H groups in total. The lowest BCUT2D eigenvalue weighted by Crippen LogP contribution is -2.40. The van der Waals surface area contributed by atoms with Crippen LogP contribution in [0.2, 0.25) is 0 Å². The number of hydrogen-bond donors (Lipinski definition) is 2. The van der Waals surface area contributed by atoms with Crippen molar-refractivity contribution in [2.24, 2.45) is 0 Å². The third-order valence-electron chi connectivity index (χ3n) is 2.86. The number of urea groups is 1. The summed E-state index contributed by atoms with van der Waals surface area (Å²) in [6.07, 6.45) is 1.44. The van der Waals surface area contributed by atoms with E-state index in [2.05, 4.69) is 15.6 Å². The molecule has 0 aliphatic rings. The molecule has 0 saturated heterocycles. The molecule has 2 aromatic rings. The van der Waals surface area contributed by atoms with Crippen LogP contribution in [0.25, 0.3) is 0 Å². The van der Waals surface area contributed by atoms with E-state index < -0.39 is 0 Å². The van der Waals surface area contributed by atoms with E-state index in [9.17, 15) is 9.18 Å². The van der Waals surface area contributed by atoms with E-state index >= 15 is 0 Å². The van der Waals surface area contributed by atoms with E-state index in [0.717, 1.165) is 5.69 Å². The van der Waals surface area contributed by atoms with Crippen LogP contribution >= 0.6 is 0 Å². The number of amides is 2. The van der Waals surface area contributed by atoms with E-state index in [0.29, 0.717) is 18.8 Å². The highest BCUT2D eigenvalue weighted by atomic mass is 19.1. The van der Waals surface area contributed by atoms with Gasteiger partial charge in [0.2, 0.25) is 0 Å². The third-order valence-corrected chi connectivity index (χ3v) is 2.86. The molecule has 5 nitrogen and oxygen atoms in total. The van der Waals surface area contributed by atoms with Crippen LogP contribution in [-0.4, -0.2) is 23.7 Å². The van der Waals surface area contributed by atoms with Crippen LogP contribution in [0, 0.1) is 5.82 Å². The van der Waals surface area contributed by atoms with Gasteiger partial charge in [0.15, 0.2) is 0 Å². The molecule has 0 fully saturated rings. The van der Waals surface area contributed by atoms with Crippen LogP contribution < -0.4 is 15.4 Å². The first kappa shape index (κ1) is 15.8. The highest BCUT2D eigenvalue weighted by Gasteiger charge is 2.07. The number of hydrogen-bond acceptors (Lipinski definition) is 3. The molecule has 1 aromatic heterocycles. The van der Waals surface area contributed by atoms with E-state index in [1.165, 1.54) is 12.1 Å². The molecule has 0 unspecified atom stereocenters. The second kappa shape index (κ2) is 7.97. The van der Waals surface area contributed by atoms with E-state index in [-0.39, 0.29) is 18.0 Å². The first-order valence-electron chi connectivity index (χ1n) is 6.97. The molecule has 6 heteroatoms. The summed E-state index contributed by atoms with van der Waals surface area (Å²) < 4.78 is 18.3. The zero-order valence-corrected chi connectivity index (χ0v) is 12.3. The third kappa shape index (κ3) is 5.40. The van der Waals surface area contributed by atoms with Crippen LogP contribution in [0.1, 0.15) is 12.6 Å². The maximum atomic E-state index is 12.8. The van der Waals surface area contributed by atoms with Gasteiger partial charge in [-0.1, -0.05) is 6.07 Å². The van der Waals surface area contributed by atoms with Gasteiger partial charge in [-0.3, -0.25) is 4.98 Å². The van der Waals surface area contributed by atoms with Crippen LogP contribution in [0.15, 0.2) is 48.7 Å². The Labute approximate surface area is 128 Å². The zero-order valence-electron chi connectivity index (χ0n) is 12.3. The van der Waals surface area contributed by atoms with Crippen molar-refractivity contribution in [2.75, 3.05) is 6.54 Å². The number of pyridine rings is 1. The number of ether oxygens (including phenoxy) is 1. The summed E-state index contributed by atoms with van der Waals surface area (Å²) in [6, 6.07) is 11.0. The predicted octanol–water partition coefficient (Wildman–Crippen LogP) is 2.49. The number of aromatic nitrogens is 1. The fraction of sp³-hybridized carbons (Fsp3) is 0.250. The fourth-order valence-electron chi connectivity index (χ4n) is 1.76. The van der Waals surface area contributed by atoms with Crippen LogP contribution in [0.5, 0.6) is 5.75 Å². The summed E-state index contributed by atoms with van der Waals surface area (Å²) in [6.45, 7) is 2.52. The Kier molecular flexibility index (Phi) is 5.71. The second-order valence-electron chi connectivity index (χ2n) is 4.77. The maximum Gasteiger partial charge on any atom is 0.315 e. The summed E-state index contributed by atoms with van der Waals surface area (Å²) in [5.41, 5.74) is 0.785. The van der Waals surface area contributed by atoms with Gasteiger partial charge in [0.05, 0.1) is 18.8 Å². The smallest absolute Gasteiger partial charge is 0.315 e. The Bertz CT molecular complexity index is 590. The van der Waals surface area contributed by atoms with E-state index in [4.69, 9.17) is 4.74 Å². The van der Waals surface area contributed by atoms with Crippen molar-refractivity contribution in [1.82, 2.24) is 15.6 Å². The summed E-state index contributed by atoms with van der Waals surface area (Å²) in [7, 11) is 0. The van der Waals surface area contributed by atoms with Gasteiger partial charge in [0, 0.05) is 6.20 Å². The molecule has 2 amide bonds. The average molecular weight is 303 g/mol. The number of halogens is 1. The quantitative estimate of drug-likeness (QED) is 0.862. The van der Waals surface area contributed by atoms with Gasteiger partial charge in [-0.15, -0.1) is 0 Å². The van der Waals surface area contributed by atoms with Crippen LogP contribution in [-0.2, 0) is 6.54 Å². The molecule has 0 spiro atoms. The standard InChI is InChI=1S/C16H18FN3O2/c1-12(22-15-7-5-13(17)6-8-15)10-19-16(21)20-11-14-4-2-3-9-18-14/h2-9,12H,10-11H2,1H3,(H2,19,20,21)/t12-/m0/s1. The molecule has 1 aromatic carbocycles. The molecule has 1 atom stereocenters. The minimum atomic E-state index is -0.313. The number of nitrogens with one attached hydrogen (secondary N) is 2. The van der Waals surface area contributed by atoms with Crippen molar-refractivity contribution < 1.29 is 13.9 Å². The molecule has 0 saturated carbocycles. The van der Waals surface area contributed by atoms with Crippen molar-refractivity contribution in [3.8, 4) is 5.75 Å². The molecular weight excluding hydrogens is 285 g/mol. The van der Waals surface area contributed by atoms with Gasteiger partial charge in [-0.25, -0.2) is 9.18 Å². The first-order valence-corrected chi connectivity index (χ1v) is 6.97. The van der Waals surface area contributed by atoms with Crippen molar-refractivity contribution in [3.05, 3.63) is 60.2 Å². The SMILES string of the molecule is C[C@@H](CNC(=O)NCc1ccccn1)Oc1ccc(F)cc1. The number of rotatable bonds is 6. The van der Waals surface area contributed by atoms with Gasteiger partial charge in [-0.05, 0) is 43.3 Å². The Hall–Kier alpha value is -2.63. The predicted molar refractivity (Wildman–Crippen MR) is 81.0 cm³/mol. The Morgan fingerprint density at radius 3 is 2.68 bits per heavy atom. The Morgan fingerprint density at radius 2 is 2.00 bits per heavy atom. The van der Waals surface area contributed by atoms with Gasteiger partial charge in [0.1, 0.15) is 17.7 Å². The van der Waals surface area contributed by atoms with Gasteiger partial charge >= 0.3 is 6.03 Å². The monoisotopic (exact) mass is 303 g/mol. The van der Waals surface area contributed by atoms with Gasteiger partial charge in [-0.2, -0.15) is 0 Å². The number of carbonyl (C=O) groups excluding carboxylic acids is 1. The lowest BCUT2D eigenvalue weighted by molar-refractivity contribution is 0.207. The highest BCUT2D eigenvalue weighted by Crippen LogP contribution is 2.12.